The third kappa shape index (κ3) is 4.72. The van der Waals surface area contributed by atoms with Crippen LogP contribution in [0.3, 0.4) is 0 Å². The molecule has 4 nitrogen and oxygen atoms in total. The number of hydrogen-bond donors (Lipinski definition) is 2. The van der Waals surface area contributed by atoms with Gasteiger partial charge in [0.05, 0.1) is 12.8 Å². The lowest BCUT2D eigenvalue weighted by molar-refractivity contribution is -0.121. The first-order valence-electron chi connectivity index (χ1n) is 6.49. The van der Waals surface area contributed by atoms with E-state index < -0.39 is 0 Å². The number of carbonyl (C=O) groups is 1. The molecule has 0 aliphatic carbocycles. The largest absolute Gasteiger partial charge is 0.467 e. The van der Waals surface area contributed by atoms with Crippen LogP contribution in [0.1, 0.15) is 17.7 Å². The fourth-order valence-corrected chi connectivity index (χ4v) is 1.96. The first-order valence-corrected chi connectivity index (χ1v) is 6.86. The van der Waals surface area contributed by atoms with Crippen molar-refractivity contribution < 1.29 is 9.21 Å². The lowest BCUT2D eigenvalue weighted by atomic mass is 10.2. The van der Waals surface area contributed by atoms with Crippen LogP contribution in [-0.2, 0) is 17.9 Å². The van der Waals surface area contributed by atoms with E-state index in [1.807, 2.05) is 30.3 Å². The predicted octanol–water partition coefficient (Wildman–Crippen LogP) is 2.73. The summed E-state index contributed by atoms with van der Waals surface area (Å²) in [6.45, 7) is 1.69. The van der Waals surface area contributed by atoms with Crippen LogP contribution in [0.4, 0.5) is 0 Å². The average Bonchev–Trinajstić information content (AvgIpc) is 2.96. The molecule has 0 aliphatic heterocycles. The van der Waals surface area contributed by atoms with Crippen LogP contribution in [0.2, 0.25) is 5.02 Å². The van der Waals surface area contributed by atoms with Crippen LogP contribution in [0.5, 0.6) is 0 Å². The predicted molar refractivity (Wildman–Crippen MR) is 78.3 cm³/mol. The number of nitrogens with one attached hydrogen (secondary N) is 2. The Balaban J connectivity index is 1.61. The minimum absolute atomic E-state index is 0.00643. The van der Waals surface area contributed by atoms with Crippen molar-refractivity contribution in [2.24, 2.45) is 0 Å². The smallest absolute Gasteiger partial charge is 0.221 e. The molecule has 2 rings (SSSR count). The maximum Gasteiger partial charge on any atom is 0.221 e. The van der Waals surface area contributed by atoms with Crippen LogP contribution >= 0.6 is 11.6 Å². The molecule has 2 N–H and O–H groups in total. The van der Waals surface area contributed by atoms with Crippen molar-refractivity contribution in [2.45, 2.75) is 19.5 Å². The highest BCUT2D eigenvalue weighted by Gasteiger charge is 2.03. The minimum atomic E-state index is -0.00643. The molecule has 0 radical (unpaired) electrons. The van der Waals surface area contributed by atoms with Crippen molar-refractivity contribution in [3.05, 3.63) is 59.0 Å². The summed E-state index contributed by atoms with van der Waals surface area (Å²) in [6.07, 6.45) is 2.01. The highest BCUT2D eigenvalue weighted by Crippen LogP contribution is 2.14. The van der Waals surface area contributed by atoms with Crippen molar-refractivity contribution >= 4 is 17.5 Å². The summed E-state index contributed by atoms with van der Waals surface area (Å²) in [5.74, 6) is 0.746. The molecule has 1 heterocycles. The second-order valence-electron chi connectivity index (χ2n) is 4.37. The second kappa shape index (κ2) is 7.72. The van der Waals surface area contributed by atoms with E-state index in [-0.39, 0.29) is 5.91 Å². The monoisotopic (exact) mass is 292 g/mol. The van der Waals surface area contributed by atoms with Gasteiger partial charge in [-0.25, -0.2) is 0 Å². The molecular formula is C15H17ClN2O2. The zero-order valence-electron chi connectivity index (χ0n) is 11.1. The van der Waals surface area contributed by atoms with E-state index in [2.05, 4.69) is 10.6 Å². The van der Waals surface area contributed by atoms with Crippen LogP contribution in [0.15, 0.2) is 47.1 Å². The molecule has 0 spiro atoms. The summed E-state index contributed by atoms with van der Waals surface area (Å²) >= 11 is 6.04. The van der Waals surface area contributed by atoms with Gasteiger partial charge in [0, 0.05) is 24.5 Å². The van der Waals surface area contributed by atoms with E-state index in [0.717, 1.165) is 16.3 Å². The Hall–Kier alpha value is -1.78. The van der Waals surface area contributed by atoms with Gasteiger partial charge in [0.15, 0.2) is 0 Å². The minimum Gasteiger partial charge on any atom is -0.467 e. The quantitative estimate of drug-likeness (QED) is 0.772. The first kappa shape index (κ1) is 14.6. The second-order valence-corrected chi connectivity index (χ2v) is 4.78. The molecule has 1 amide bonds. The summed E-state index contributed by atoms with van der Waals surface area (Å²) in [7, 11) is 0. The third-order valence-electron chi connectivity index (χ3n) is 2.84. The van der Waals surface area contributed by atoms with E-state index in [1.165, 1.54) is 0 Å². The molecule has 0 saturated carbocycles. The lowest BCUT2D eigenvalue weighted by Gasteiger charge is -2.07. The van der Waals surface area contributed by atoms with Crippen molar-refractivity contribution in [2.75, 3.05) is 6.54 Å². The molecule has 1 aromatic heterocycles. The number of rotatable bonds is 7. The van der Waals surface area contributed by atoms with E-state index in [1.54, 1.807) is 12.3 Å². The average molecular weight is 293 g/mol. The van der Waals surface area contributed by atoms with Gasteiger partial charge >= 0.3 is 0 Å². The molecule has 5 heteroatoms. The van der Waals surface area contributed by atoms with Gasteiger partial charge in [-0.05, 0) is 23.8 Å². The van der Waals surface area contributed by atoms with Crippen molar-refractivity contribution in [1.82, 2.24) is 10.6 Å². The summed E-state index contributed by atoms with van der Waals surface area (Å²) in [5.41, 5.74) is 1.03. The first-order chi connectivity index (χ1) is 9.75. The topological polar surface area (TPSA) is 54.3 Å². The van der Waals surface area contributed by atoms with E-state index in [4.69, 9.17) is 16.0 Å². The normalized spacial score (nSPS) is 10.4. The standard InChI is InChI=1S/C15H17ClN2O2/c16-14-6-2-1-4-12(14)10-17-8-7-15(19)18-11-13-5-3-9-20-13/h1-6,9,17H,7-8,10-11H2,(H,18,19). The van der Waals surface area contributed by atoms with Crippen LogP contribution in [-0.4, -0.2) is 12.5 Å². The van der Waals surface area contributed by atoms with Gasteiger partial charge in [0.1, 0.15) is 5.76 Å². The summed E-state index contributed by atoms with van der Waals surface area (Å²) in [5, 5.41) is 6.73. The SMILES string of the molecule is O=C(CCNCc1ccccc1Cl)NCc1ccco1. The number of hydrogen-bond acceptors (Lipinski definition) is 3. The number of furan rings is 1. The van der Waals surface area contributed by atoms with Gasteiger partial charge in [-0.2, -0.15) is 0 Å². The molecule has 1 aromatic carbocycles. The maximum atomic E-state index is 11.6. The Morgan fingerprint density at radius 1 is 1.15 bits per heavy atom. The number of amides is 1. The Labute approximate surface area is 123 Å². The van der Waals surface area contributed by atoms with Gasteiger partial charge in [-0.1, -0.05) is 29.8 Å². The van der Waals surface area contributed by atoms with Crippen LogP contribution < -0.4 is 10.6 Å². The molecule has 0 saturated heterocycles. The van der Waals surface area contributed by atoms with Crippen molar-refractivity contribution in [3.63, 3.8) is 0 Å². The number of halogens is 1. The molecule has 0 aliphatic rings. The van der Waals surface area contributed by atoms with Crippen LogP contribution in [0.25, 0.3) is 0 Å². The molecule has 106 valence electrons. The Kier molecular flexibility index (Phi) is 5.65. The van der Waals surface area contributed by atoms with Gasteiger partial charge in [-0.15, -0.1) is 0 Å². The summed E-state index contributed by atoms with van der Waals surface area (Å²) in [4.78, 5) is 11.6. The molecule has 0 unspecified atom stereocenters. The summed E-state index contributed by atoms with van der Waals surface area (Å²) < 4.78 is 5.14. The Morgan fingerprint density at radius 3 is 2.75 bits per heavy atom. The zero-order valence-corrected chi connectivity index (χ0v) is 11.8. The van der Waals surface area contributed by atoms with Gasteiger partial charge in [0.2, 0.25) is 5.91 Å². The number of benzene rings is 1. The highest BCUT2D eigenvalue weighted by atomic mass is 35.5. The Morgan fingerprint density at radius 2 is 2.00 bits per heavy atom. The Bertz CT molecular complexity index is 541. The molecule has 2 aromatic rings. The zero-order chi connectivity index (χ0) is 14.2. The summed E-state index contributed by atoms with van der Waals surface area (Å²) in [6, 6.07) is 11.3. The fraction of sp³-hybridized carbons (Fsp3) is 0.267. The third-order valence-corrected chi connectivity index (χ3v) is 3.21. The molecule has 20 heavy (non-hydrogen) atoms. The molecule has 0 atom stereocenters. The van der Waals surface area contributed by atoms with Crippen molar-refractivity contribution in [1.29, 1.82) is 0 Å². The lowest BCUT2D eigenvalue weighted by Crippen LogP contribution is -2.27. The van der Waals surface area contributed by atoms with E-state index >= 15 is 0 Å². The van der Waals surface area contributed by atoms with Gasteiger partial charge in [-0.3, -0.25) is 4.79 Å². The molecule has 0 fully saturated rings. The van der Waals surface area contributed by atoms with Crippen LogP contribution in [0, 0.1) is 0 Å². The highest BCUT2D eigenvalue weighted by molar-refractivity contribution is 6.31. The van der Waals surface area contributed by atoms with Gasteiger partial charge < -0.3 is 15.1 Å². The van der Waals surface area contributed by atoms with E-state index in [0.29, 0.717) is 26.1 Å². The molecular weight excluding hydrogens is 276 g/mol. The van der Waals surface area contributed by atoms with Gasteiger partial charge in [0.25, 0.3) is 0 Å². The maximum absolute atomic E-state index is 11.6. The fourth-order valence-electron chi connectivity index (χ4n) is 1.75. The molecule has 0 bridgehead atoms. The number of carbonyl (C=O) groups excluding carboxylic acids is 1. The van der Waals surface area contributed by atoms with E-state index in [9.17, 15) is 4.79 Å². The van der Waals surface area contributed by atoms with Crippen molar-refractivity contribution in [3.8, 4) is 0 Å².